The molecule has 1 unspecified atom stereocenters. The Labute approximate surface area is 136 Å². The molecule has 2 aromatic rings. The van der Waals surface area contributed by atoms with E-state index in [0.29, 0.717) is 10.8 Å². The van der Waals surface area contributed by atoms with Gasteiger partial charge in [0.2, 0.25) is 0 Å². The fraction of sp³-hybridized carbons (Fsp3) is 0.278. The zero-order valence-corrected chi connectivity index (χ0v) is 14.0. The lowest BCUT2D eigenvalue weighted by atomic mass is 10.0. The van der Waals surface area contributed by atoms with E-state index in [1.807, 2.05) is 45.0 Å². The van der Waals surface area contributed by atoms with E-state index >= 15 is 0 Å². The standard InChI is InChI=1S/C18H20ClNO2/c1-11-9-12(2)17(13(3)10-11)20-18(21)14(4)22-16-8-6-5-7-15(16)19/h5-10,14H,1-4H3,(H,20,21). The van der Waals surface area contributed by atoms with Crippen LogP contribution < -0.4 is 10.1 Å². The second-order valence-corrected chi connectivity index (χ2v) is 5.86. The van der Waals surface area contributed by atoms with Crippen molar-refractivity contribution in [1.29, 1.82) is 0 Å². The van der Waals surface area contributed by atoms with Crippen molar-refractivity contribution >= 4 is 23.2 Å². The first-order valence-corrected chi connectivity index (χ1v) is 7.56. The summed E-state index contributed by atoms with van der Waals surface area (Å²) in [6, 6.07) is 11.2. The van der Waals surface area contributed by atoms with Crippen molar-refractivity contribution in [1.82, 2.24) is 0 Å². The van der Waals surface area contributed by atoms with Crippen LogP contribution in [0.3, 0.4) is 0 Å². The predicted molar refractivity (Wildman–Crippen MR) is 90.8 cm³/mol. The van der Waals surface area contributed by atoms with Crippen LogP contribution in [0.4, 0.5) is 5.69 Å². The number of carbonyl (C=O) groups is 1. The molecular weight excluding hydrogens is 298 g/mol. The fourth-order valence-corrected chi connectivity index (χ4v) is 2.57. The SMILES string of the molecule is Cc1cc(C)c(NC(=O)C(C)Oc2ccccc2Cl)c(C)c1. The monoisotopic (exact) mass is 317 g/mol. The number of nitrogens with one attached hydrogen (secondary N) is 1. The predicted octanol–water partition coefficient (Wildman–Crippen LogP) is 4.67. The molecule has 0 fully saturated rings. The van der Waals surface area contributed by atoms with Gasteiger partial charge in [-0.3, -0.25) is 4.79 Å². The van der Waals surface area contributed by atoms with Crippen LogP contribution in [0.15, 0.2) is 36.4 Å². The van der Waals surface area contributed by atoms with Crippen LogP contribution in [-0.4, -0.2) is 12.0 Å². The topological polar surface area (TPSA) is 38.3 Å². The third-order valence-electron chi connectivity index (χ3n) is 3.43. The highest BCUT2D eigenvalue weighted by atomic mass is 35.5. The van der Waals surface area contributed by atoms with E-state index in [2.05, 4.69) is 5.32 Å². The maximum atomic E-state index is 12.3. The molecule has 0 aliphatic carbocycles. The lowest BCUT2D eigenvalue weighted by Gasteiger charge is -2.18. The molecule has 0 aliphatic heterocycles. The fourth-order valence-electron chi connectivity index (χ4n) is 2.39. The molecule has 0 bridgehead atoms. The quantitative estimate of drug-likeness (QED) is 0.889. The first kappa shape index (κ1) is 16.4. The van der Waals surface area contributed by atoms with E-state index in [1.165, 1.54) is 5.56 Å². The number of ether oxygens (including phenoxy) is 1. The molecule has 116 valence electrons. The zero-order valence-electron chi connectivity index (χ0n) is 13.2. The van der Waals surface area contributed by atoms with Gasteiger partial charge in [-0.25, -0.2) is 0 Å². The summed E-state index contributed by atoms with van der Waals surface area (Å²) < 4.78 is 5.64. The maximum Gasteiger partial charge on any atom is 0.265 e. The molecule has 22 heavy (non-hydrogen) atoms. The largest absolute Gasteiger partial charge is 0.479 e. The third kappa shape index (κ3) is 3.80. The summed E-state index contributed by atoms with van der Waals surface area (Å²) in [7, 11) is 0. The Morgan fingerprint density at radius 1 is 1.14 bits per heavy atom. The minimum atomic E-state index is -0.639. The smallest absolute Gasteiger partial charge is 0.265 e. The Balaban J connectivity index is 2.11. The first-order valence-electron chi connectivity index (χ1n) is 7.18. The van der Waals surface area contributed by atoms with Gasteiger partial charge in [-0.1, -0.05) is 41.4 Å². The number of amides is 1. The highest BCUT2D eigenvalue weighted by Crippen LogP contribution is 2.25. The third-order valence-corrected chi connectivity index (χ3v) is 3.75. The molecule has 0 saturated heterocycles. The van der Waals surface area contributed by atoms with Gasteiger partial charge in [-0.15, -0.1) is 0 Å². The molecule has 4 heteroatoms. The normalized spacial score (nSPS) is 11.9. The molecule has 1 amide bonds. The van der Waals surface area contributed by atoms with Crippen molar-refractivity contribution in [3.8, 4) is 5.75 Å². The number of anilines is 1. The molecule has 0 heterocycles. The molecule has 0 saturated carbocycles. The summed E-state index contributed by atoms with van der Waals surface area (Å²) in [6.45, 7) is 7.71. The number of aryl methyl sites for hydroxylation is 3. The number of para-hydroxylation sites is 1. The summed E-state index contributed by atoms with van der Waals surface area (Å²) >= 11 is 6.04. The van der Waals surface area contributed by atoms with E-state index in [1.54, 1.807) is 19.1 Å². The Bertz CT molecular complexity index is 674. The lowest BCUT2D eigenvalue weighted by Crippen LogP contribution is -2.30. The number of rotatable bonds is 4. The minimum absolute atomic E-state index is 0.199. The number of carbonyl (C=O) groups excluding carboxylic acids is 1. The van der Waals surface area contributed by atoms with Crippen molar-refractivity contribution in [2.75, 3.05) is 5.32 Å². The van der Waals surface area contributed by atoms with Crippen molar-refractivity contribution in [2.45, 2.75) is 33.8 Å². The summed E-state index contributed by atoms with van der Waals surface area (Å²) in [5.74, 6) is 0.305. The Morgan fingerprint density at radius 3 is 2.32 bits per heavy atom. The highest BCUT2D eigenvalue weighted by molar-refractivity contribution is 6.32. The summed E-state index contributed by atoms with van der Waals surface area (Å²) in [4.78, 5) is 12.3. The summed E-state index contributed by atoms with van der Waals surface area (Å²) in [6.07, 6.45) is -0.639. The van der Waals surface area contributed by atoms with E-state index < -0.39 is 6.10 Å². The van der Waals surface area contributed by atoms with Crippen LogP contribution in [0.1, 0.15) is 23.6 Å². The zero-order chi connectivity index (χ0) is 16.3. The van der Waals surface area contributed by atoms with E-state index in [9.17, 15) is 4.79 Å². The number of hydrogen-bond donors (Lipinski definition) is 1. The van der Waals surface area contributed by atoms with Crippen LogP contribution in [0, 0.1) is 20.8 Å². The molecular formula is C18H20ClNO2. The molecule has 0 aliphatic rings. The summed E-state index contributed by atoms with van der Waals surface area (Å²) in [5.41, 5.74) is 4.09. The van der Waals surface area contributed by atoms with Crippen LogP contribution >= 0.6 is 11.6 Å². The molecule has 1 N–H and O–H groups in total. The second-order valence-electron chi connectivity index (χ2n) is 5.45. The van der Waals surface area contributed by atoms with Crippen molar-refractivity contribution in [3.63, 3.8) is 0 Å². The molecule has 0 radical (unpaired) electrons. The van der Waals surface area contributed by atoms with Crippen LogP contribution in [0.2, 0.25) is 5.02 Å². The molecule has 0 spiro atoms. The highest BCUT2D eigenvalue weighted by Gasteiger charge is 2.17. The van der Waals surface area contributed by atoms with Gasteiger partial charge in [0.05, 0.1) is 5.02 Å². The van der Waals surface area contributed by atoms with Crippen molar-refractivity contribution < 1.29 is 9.53 Å². The Morgan fingerprint density at radius 2 is 1.73 bits per heavy atom. The lowest BCUT2D eigenvalue weighted by molar-refractivity contribution is -0.122. The Kier molecular flexibility index (Phi) is 5.09. The van der Waals surface area contributed by atoms with Crippen LogP contribution in [-0.2, 0) is 4.79 Å². The van der Waals surface area contributed by atoms with Gasteiger partial charge in [-0.05, 0) is 51.0 Å². The van der Waals surface area contributed by atoms with Gasteiger partial charge < -0.3 is 10.1 Å². The van der Waals surface area contributed by atoms with Crippen molar-refractivity contribution in [3.05, 3.63) is 58.1 Å². The average molecular weight is 318 g/mol. The maximum absolute atomic E-state index is 12.3. The summed E-state index contributed by atoms with van der Waals surface area (Å²) in [5, 5.41) is 3.43. The van der Waals surface area contributed by atoms with E-state index in [0.717, 1.165) is 16.8 Å². The molecule has 3 nitrogen and oxygen atoms in total. The van der Waals surface area contributed by atoms with Crippen LogP contribution in [0.25, 0.3) is 0 Å². The molecule has 0 aromatic heterocycles. The second kappa shape index (κ2) is 6.84. The van der Waals surface area contributed by atoms with Gasteiger partial charge in [0.25, 0.3) is 5.91 Å². The first-order chi connectivity index (χ1) is 10.4. The van der Waals surface area contributed by atoms with E-state index in [4.69, 9.17) is 16.3 Å². The van der Waals surface area contributed by atoms with Crippen LogP contribution in [0.5, 0.6) is 5.75 Å². The van der Waals surface area contributed by atoms with Gasteiger partial charge in [0.1, 0.15) is 5.75 Å². The number of benzene rings is 2. The average Bonchev–Trinajstić information content (AvgIpc) is 2.45. The molecule has 2 rings (SSSR count). The van der Waals surface area contributed by atoms with Gasteiger partial charge in [0, 0.05) is 5.69 Å². The van der Waals surface area contributed by atoms with Gasteiger partial charge >= 0.3 is 0 Å². The van der Waals surface area contributed by atoms with Crippen molar-refractivity contribution in [2.24, 2.45) is 0 Å². The Hall–Kier alpha value is -2.00. The van der Waals surface area contributed by atoms with Gasteiger partial charge in [-0.2, -0.15) is 0 Å². The van der Waals surface area contributed by atoms with E-state index in [-0.39, 0.29) is 5.91 Å². The minimum Gasteiger partial charge on any atom is -0.479 e. The molecule has 1 atom stereocenters. The molecule has 2 aromatic carbocycles. The number of hydrogen-bond acceptors (Lipinski definition) is 2. The van der Waals surface area contributed by atoms with Gasteiger partial charge in [0.15, 0.2) is 6.10 Å². The number of halogens is 1.